The summed E-state index contributed by atoms with van der Waals surface area (Å²) in [7, 11) is 0. The molecule has 2 saturated heterocycles. The molecule has 1 N–H and O–H groups in total. The molecule has 0 radical (unpaired) electrons. The summed E-state index contributed by atoms with van der Waals surface area (Å²) in [5, 5.41) is 3.99. The SMILES string of the molecule is Cc1ccc2c(CC(=O)N[C@H]3C[C@H]4CO[C@@H](C5CC5)CN4C3)cc(=O)oc2c1. The first-order valence-corrected chi connectivity index (χ1v) is 10.2. The van der Waals surface area contributed by atoms with Crippen LogP contribution < -0.4 is 10.9 Å². The number of rotatable bonds is 4. The summed E-state index contributed by atoms with van der Waals surface area (Å²) in [5.74, 6) is 0.702. The smallest absolute Gasteiger partial charge is 0.336 e. The molecular formula is C22H26N2O4. The third-order valence-electron chi connectivity index (χ3n) is 6.29. The third-order valence-corrected chi connectivity index (χ3v) is 6.29. The Morgan fingerprint density at radius 3 is 2.93 bits per heavy atom. The van der Waals surface area contributed by atoms with E-state index in [1.165, 1.54) is 18.9 Å². The third kappa shape index (κ3) is 3.59. The lowest BCUT2D eigenvalue weighted by Gasteiger charge is -2.35. The number of amides is 1. The molecule has 3 heterocycles. The average molecular weight is 382 g/mol. The molecule has 0 bridgehead atoms. The molecule has 1 aliphatic carbocycles. The molecule has 1 aromatic carbocycles. The van der Waals surface area contributed by atoms with E-state index in [1.54, 1.807) is 0 Å². The number of benzene rings is 1. The summed E-state index contributed by atoms with van der Waals surface area (Å²) in [6, 6.07) is 7.71. The highest BCUT2D eigenvalue weighted by Crippen LogP contribution is 2.37. The summed E-state index contributed by atoms with van der Waals surface area (Å²) in [4.78, 5) is 27.0. The highest BCUT2D eigenvalue weighted by atomic mass is 16.5. The summed E-state index contributed by atoms with van der Waals surface area (Å²) in [6.45, 7) is 4.60. The second-order valence-electron chi connectivity index (χ2n) is 8.58. The van der Waals surface area contributed by atoms with Crippen LogP contribution in [0.25, 0.3) is 11.0 Å². The molecule has 1 saturated carbocycles. The van der Waals surface area contributed by atoms with Gasteiger partial charge in [0.25, 0.3) is 0 Å². The Balaban J connectivity index is 1.25. The van der Waals surface area contributed by atoms with Crippen LogP contribution in [-0.2, 0) is 16.0 Å². The van der Waals surface area contributed by atoms with Crippen molar-refractivity contribution >= 4 is 16.9 Å². The van der Waals surface area contributed by atoms with E-state index in [9.17, 15) is 9.59 Å². The van der Waals surface area contributed by atoms with Crippen molar-refractivity contribution in [1.82, 2.24) is 10.2 Å². The normalized spacial score (nSPS) is 27.7. The van der Waals surface area contributed by atoms with Crippen LogP contribution in [0.3, 0.4) is 0 Å². The van der Waals surface area contributed by atoms with Crippen LogP contribution in [0.2, 0.25) is 0 Å². The predicted octanol–water partition coefficient (Wildman–Crippen LogP) is 2.01. The van der Waals surface area contributed by atoms with E-state index in [-0.39, 0.29) is 18.4 Å². The van der Waals surface area contributed by atoms with Crippen LogP contribution in [0.5, 0.6) is 0 Å². The van der Waals surface area contributed by atoms with Crippen molar-refractivity contribution in [1.29, 1.82) is 0 Å². The lowest BCUT2D eigenvalue weighted by molar-refractivity contribution is -0.121. The molecule has 3 aliphatic rings. The number of nitrogens with zero attached hydrogens (tertiary/aromatic N) is 1. The van der Waals surface area contributed by atoms with Crippen molar-refractivity contribution in [3.8, 4) is 0 Å². The van der Waals surface area contributed by atoms with Gasteiger partial charge < -0.3 is 14.5 Å². The molecular weight excluding hydrogens is 356 g/mol. The Labute approximate surface area is 163 Å². The molecule has 0 spiro atoms. The van der Waals surface area contributed by atoms with Crippen LogP contribution in [0, 0.1) is 12.8 Å². The second-order valence-corrected chi connectivity index (χ2v) is 8.58. The average Bonchev–Trinajstić information content (AvgIpc) is 3.41. The fraction of sp³-hybridized carbons (Fsp3) is 0.545. The van der Waals surface area contributed by atoms with Crippen molar-refractivity contribution in [2.75, 3.05) is 19.7 Å². The van der Waals surface area contributed by atoms with E-state index >= 15 is 0 Å². The minimum Gasteiger partial charge on any atom is -0.423 e. The van der Waals surface area contributed by atoms with E-state index < -0.39 is 5.63 Å². The quantitative estimate of drug-likeness (QED) is 0.819. The zero-order valence-electron chi connectivity index (χ0n) is 16.1. The highest BCUT2D eigenvalue weighted by molar-refractivity contribution is 5.87. The van der Waals surface area contributed by atoms with Gasteiger partial charge in [-0.15, -0.1) is 0 Å². The van der Waals surface area contributed by atoms with E-state index in [4.69, 9.17) is 9.15 Å². The van der Waals surface area contributed by atoms with Gasteiger partial charge >= 0.3 is 5.63 Å². The molecule has 6 heteroatoms. The number of fused-ring (bicyclic) bond motifs is 2. The molecule has 148 valence electrons. The zero-order chi connectivity index (χ0) is 19.3. The van der Waals surface area contributed by atoms with Gasteiger partial charge in [-0.1, -0.05) is 12.1 Å². The van der Waals surface area contributed by atoms with Gasteiger partial charge in [-0.05, 0) is 49.3 Å². The Kier molecular flexibility index (Phi) is 4.48. The van der Waals surface area contributed by atoms with Gasteiger partial charge in [0.05, 0.1) is 19.1 Å². The molecule has 1 aromatic heterocycles. The van der Waals surface area contributed by atoms with E-state index in [0.717, 1.165) is 48.5 Å². The van der Waals surface area contributed by atoms with Gasteiger partial charge in [-0.25, -0.2) is 4.79 Å². The van der Waals surface area contributed by atoms with Crippen molar-refractivity contribution < 1.29 is 13.9 Å². The summed E-state index contributed by atoms with van der Waals surface area (Å²) in [5.41, 5.74) is 1.86. The maximum atomic E-state index is 12.7. The number of morpholine rings is 1. The van der Waals surface area contributed by atoms with Crippen molar-refractivity contribution in [3.05, 3.63) is 45.8 Å². The first kappa shape index (κ1) is 17.9. The fourth-order valence-electron chi connectivity index (χ4n) is 4.69. The van der Waals surface area contributed by atoms with Crippen LogP contribution in [-0.4, -0.2) is 48.7 Å². The van der Waals surface area contributed by atoms with E-state index in [1.807, 2.05) is 25.1 Å². The summed E-state index contributed by atoms with van der Waals surface area (Å²) in [6.07, 6.45) is 4.08. The topological polar surface area (TPSA) is 71.8 Å². The molecule has 3 atom stereocenters. The Morgan fingerprint density at radius 2 is 2.11 bits per heavy atom. The molecule has 28 heavy (non-hydrogen) atoms. The largest absolute Gasteiger partial charge is 0.423 e. The molecule has 3 fully saturated rings. The second kappa shape index (κ2) is 7.01. The van der Waals surface area contributed by atoms with Crippen molar-refractivity contribution in [3.63, 3.8) is 0 Å². The van der Waals surface area contributed by atoms with Gasteiger partial charge in [-0.2, -0.15) is 0 Å². The molecule has 2 aromatic rings. The number of ether oxygens (including phenoxy) is 1. The zero-order valence-corrected chi connectivity index (χ0v) is 16.1. The Bertz CT molecular complexity index is 965. The van der Waals surface area contributed by atoms with E-state index in [0.29, 0.717) is 17.7 Å². The summed E-state index contributed by atoms with van der Waals surface area (Å²) >= 11 is 0. The monoisotopic (exact) mass is 382 g/mol. The number of hydrogen-bond donors (Lipinski definition) is 1. The number of aryl methyl sites for hydroxylation is 1. The van der Waals surface area contributed by atoms with Crippen LogP contribution >= 0.6 is 0 Å². The highest BCUT2D eigenvalue weighted by Gasteiger charge is 2.42. The number of nitrogens with one attached hydrogen (secondary N) is 1. The van der Waals surface area contributed by atoms with Gasteiger partial charge in [-0.3, -0.25) is 9.69 Å². The minimum absolute atomic E-state index is 0.0445. The van der Waals surface area contributed by atoms with Crippen LogP contribution in [0.1, 0.15) is 30.4 Å². The molecule has 5 rings (SSSR count). The molecule has 1 amide bonds. The number of carbonyl (C=O) groups excluding carboxylic acids is 1. The van der Waals surface area contributed by atoms with Crippen molar-refractivity contribution in [2.24, 2.45) is 5.92 Å². The van der Waals surface area contributed by atoms with Gasteiger partial charge in [0.1, 0.15) is 5.58 Å². The predicted molar refractivity (Wildman–Crippen MR) is 105 cm³/mol. The minimum atomic E-state index is -0.415. The summed E-state index contributed by atoms with van der Waals surface area (Å²) < 4.78 is 11.3. The van der Waals surface area contributed by atoms with Crippen LogP contribution in [0.4, 0.5) is 0 Å². The van der Waals surface area contributed by atoms with Crippen LogP contribution in [0.15, 0.2) is 33.5 Å². The van der Waals surface area contributed by atoms with Crippen molar-refractivity contribution in [2.45, 2.75) is 50.8 Å². The maximum Gasteiger partial charge on any atom is 0.336 e. The maximum absolute atomic E-state index is 12.7. The molecule has 2 aliphatic heterocycles. The molecule has 6 nitrogen and oxygen atoms in total. The lowest BCUT2D eigenvalue weighted by Crippen LogP contribution is -2.47. The molecule has 0 unspecified atom stereocenters. The Hall–Kier alpha value is -2.18. The van der Waals surface area contributed by atoms with Gasteiger partial charge in [0.15, 0.2) is 0 Å². The fourth-order valence-corrected chi connectivity index (χ4v) is 4.69. The number of hydrogen-bond acceptors (Lipinski definition) is 5. The lowest BCUT2D eigenvalue weighted by atomic mass is 10.0. The first-order valence-electron chi connectivity index (χ1n) is 10.2. The Morgan fingerprint density at radius 1 is 1.25 bits per heavy atom. The van der Waals surface area contributed by atoms with Gasteiger partial charge in [0.2, 0.25) is 5.91 Å². The first-order chi connectivity index (χ1) is 13.5. The standard InChI is InChI=1S/C22H26N2O4/c1-13-2-5-18-15(8-22(26)28-19(18)6-13)7-21(25)23-16-9-17-12-27-20(14-3-4-14)11-24(17)10-16/h2,5-6,8,14,16-17,20H,3-4,7,9-12H2,1H3,(H,23,25)/t16-,17-,20+/m0/s1. The number of carbonyl (C=O) groups is 1. The van der Waals surface area contributed by atoms with E-state index in [2.05, 4.69) is 10.2 Å². The van der Waals surface area contributed by atoms with Gasteiger partial charge in [0, 0.05) is 36.6 Å².